The Morgan fingerprint density at radius 3 is 2.00 bits per heavy atom. The fourth-order valence-electron chi connectivity index (χ4n) is 0.167. The number of aliphatic hydroxyl groups excluding tert-OH is 2. The van der Waals surface area contributed by atoms with Crippen molar-refractivity contribution in [1.82, 2.24) is 0 Å². The standard InChI is InChI=1S/C4H8N2O2/c1-3(7)4(8)6-5-2/h7-8H,1-2H3/b4-3+,6-5?. The fraction of sp³-hybridized carbons (Fsp3) is 0.500. The van der Waals surface area contributed by atoms with Crippen molar-refractivity contribution >= 4 is 0 Å². The average molecular weight is 116 g/mol. The molecular weight excluding hydrogens is 108 g/mol. The molecule has 0 aliphatic carbocycles. The zero-order chi connectivity index (χ0) is 6.57. The van der Waals surface area contributed by atoms with E-state index in [4.69, 9.17) is 10.2 Å². The van der Waals surface area contributed by atoms with E-state index in [0.29, 0.717) is 0 Å². The van der Waals surface area contributed by atoms with Crippen LogP contribution in [-0.4, -0.2) is 17.3 Å². The van der Waals surface area contributed by atoms with Gasteiger partial charge in [0.2, 0.25) is 0 Å². The van der Waals surface area contributed by atoms with Crippen LogP contribution in [0.4, 0.5) is 0 Å². The van der Waals surface area contributed by atoms with Crippen LogP contribution < -0.4 is 0 Å². The van der Waals surface area contributed by atoms with Crippen molar-refractivity contribution in [3.8, 4) is 0 Å². The Balaban J connectivity index is 4.00. The number of hydrogen-bond acceptors (Lipinski definition) is 4. The lowest BCUT2D eigenvalue weighted by Gasteiger charge is -1.87. The van der Waals surface area contributed by atoms with Crippen molar-refractivity contribution < 1.29 is 10.2 Å². The summed E-state index contributed by atoms with van der Waals surface area (Å²) in [6.45, 7) is 1.32. The molecule has 0 aliphatic rings. The molecule has 0 aromatic carbocycles. The summed E-state index contributed by atoms with van der Waals surface area (Å²) in [6, 6.07) is 0. The van der Waals surface area contributed by atoms with Crippen molar-refractivity contribution in [3.63, 3.8) is 0 Å². The summed E-state index contributed by atoms with van der Waals surface area (Å²) in [5, 5.41) is 23.3. The van der Waals surface area contributed by atoms with Gasteiger partial charge in [-0.15, -0.1) is 5.11 Å². The summed E-state index contributed by atoms with van der Waals surface area (Å²) < 4.78 is 0. The molecule has 4 heteroatoms. The van der Waals surface area contributed by atoms with Crippen molar-refractivity contribution in [1.29, 1.82) is 0 Å². The lowest BCUT2D eigenvalue weighted by atomic mass is 10.6. The van der Waals surface area contributed by atoms with Gasteiger partial charge in [-0.05, 0) is 6.92 Å². The van der Waals surface area contributed by atoms with E-state index in [1.54, 1.807) is 0 Å². The van der Waals surface area contributed by atoms with Crippen LogP contribution in [0.25, 0.3) is 0 Å². The molecule has 2 N–H and O–H groups in total. The van der Waals surface area contributed by atoms with Gasteiger partial charge in [0, 0.05) is 7.05 Å². The molecule has 0 aromatic rings. The second-order valence-corrected chi connectivity index (χ2v) is 1.21. The summed E-state index contributed by atoms with van der Waals surface area (Å²) >= 11 is 0. The molecule has 46 valence electrons. The minimum atomic E-state index is -0.437. The highest BCUT2D eigenvalue weighted by atomic mass is 16.3. The Hall–Kier alpha value is -1.06. The lowest BCUT2D eigenvalue weighted by molar-refractivity contribution is 0.319. The van der Waals surface area contributed by atoms with Gasteiger partial charge in [0.15, 0.2) is 5.76 Å². The Morgan fingerprint density at radius 1 is 1.38 bits per heavy atom. The summed E-state index contributed by atoms with van der Waals surface area (Å²) in [5.74, 6) is -0.664. The number of allylic oxidation sites excluding steroid dienone is 1. The molecule has 0 rings (SSSR count). The SMILES string of the molecule is CN=N/C(O)=C(/C)O. The molecule has 0 unspecified atom stereocenters. The first kappa shape index (κ1) is 6.94. The van der Waals surface area contributed by atoms with Crippen molar-refractivity contribution in [2.45, 2.75) is 6.92 Å². The normalized spacial score (nSPS) is 14.2. The first-order valence-electron chi connectivity index (χ1n) is 2.07. The highest BCUT2D eigenvalue weighted by Gasteiger charge is 1.90. The topological polar surface area (TPSA) is 65.2 Å². The molecule has 0 atom stereocenters. The minimum Gasteiger partial charge on any atom is -0.507 e. The number of rotatable bonds is 1. The molecule has 8 heavy (non-hydrogen) atoms. The molecule has 4 nitrogen and oxygen atoms in total. The second-order valence-electron chi connectivity index (χ2n) is 1.21. The summed E-state index contributed by atoms with van der Waals surface area (Å²) in [4.78, 5) is 0. The van der Waals surface area contributed by atoms with E-state index in [2.05, 4.69) is 10.2 Å². The highest BCUT2D eigenvalue weighted by Crippen LogP contribution is 1.95. The molecule has 0 saturated carbocycles. The molecule has 0 amide bonds. The van der Waals surface area contributed by atoms with Gasteiger partial charge in [-0.25, -0.2) is 0 Å². The van der Waals surface area contributed by atoms with Gasteiger partial charge in [0.1, 0.15) is 0 Å². The Bertz CT molecular complexity index is 124. The average Bonchev–Trinajstić information content (AvgIpc) is 1.67. The van der Waals surface area contributed by atoms with Gasteiger partial charge in [-0.2, -0.15) is 5.11 Å². The number of aliphatic hydroxyl groups is 2. The zero-order valence-electron chi connectivity index (χ0n) is 4.79. The van der Waals surface area contributed by atoms with Gasteiger partial charge in [-0.1, -0.05) is 0 Å². The minimum absolute atomic E-state index is 0.226. The van der Waals surface area contributed by atoms with E-state index < -0.39 is 5.88 Å². The maximum Gasteiger partial charge on any atom is 0.268 e. The Labute approximate surface area is 47.2 Å². The molecule has 0 saturated heterocycles. The summed E-state index contributed by atoms with van der Waals surface area (Å²) in [5.41, 5.74) is 0. The summed E-state index contributed by atoms with van der Waals surface area (Å²) in [7, 11) is 1.40. The molecular formula is C4H8N2O2. The lowest BCUT2D eigenvalue weighted by Crippen LogP contribution is -1.79. The Kier molecular flexibility index (Phi) is 2.61. The molecule has 0 radical (unpaired) electrons. The first-order chi connectivity index (χ1) is 3.68. The molecule has 0 fully saturated rings. The van der Waals surface area contributed by atoms with E-state index >= 15 is 0 Å². The predicted octanol–water partition coefficient (Wildman–Crippen LogP) is 1.37. The number of hydrogen-bond donors (Lipinski definition) is 2. The smallest absolute Gasteiger partial charge is 0.268 e. The largest absolute Gasteiger partial charge is 0.507 e. The molecule has 0 aliphatic heterocycles. The number of nitrogens with zero attached hydrogens (tertiary/aromatic N) is 2. The molecule has 0 spiro atoms. The van der Waals surface area contributed by atoms with Gasteiger partial charge < -0.3 is 10.2 Å². The van der Waals surface area contributed by atoms with E-state index in [-0.39, 0.29) is 5.76 Å². The van der Waals surface area contributed by atoms with Gasteiger partial charge in [0.25, 0.3) is 5.88 Å². The van der Waals surface area contributed by atoms with Crippen molar-refractivity contribution in [2.75, 3.05) is 7.05 Å². The van der Waals surface area contributed by atoms with Crippen LogP contribution in [0.1, 0.15) is 6.92 Å². The zero-order valence-corrected chi connectivity index (χ0v) is 4.79. The molecule has 0 aromatic heterocycles. The van der Waals surface area contributed by atoms with E-state index in [0.717, 1.165) is 0 Å². The van der Waals surface area contributed by atoms with E-state index in [9.17, 15) is 0 Å². The van der Waals surface area contributed by atoms with Crippen LogP contribution in [0.3, 0.4) is 0 Å². The third kappa shape index (κ3) is 2.17. The molecule has 0 heterocycles. The van der Waals surface area contributed by atoms with Crippen LogP contribution in [0.5, 0.6) is 0 Å². The predicted molar refractivity (Wildman–Crippen MR) is 28.7 cm³/mol. The van der Waals surface area contributed by atoms with Crippen LogP contribution in [0.15, 0.2) is 21.9 Å². The fourth-order valence-corrected chi connectivity index (χ4v) is 0.167. The van der Waals surface area contributed by atoms with E-state index in [1.165, 1.54) is 14.0 Å². The van der Waals surface area contributed by atoms with Crippen LogP contribution in [0.2, 0.25) is 0 Å². The van der Waals surface area contributed by atoms with Crippen molar-refractivity contribution in [2.24, 2.45) is 10.2 Å². The van der Waals surface area contributed by atoms with Gasteiger partial charge in [-0.3, -0.25) is 0 Å². The summed E-state index contributed by atoms with van der Waals surface area (Å²) in [6.07, 6.45) is 0. The molecule has 0 bridgehead atoms. The van der Waals surface area contributed by atoms with Gasteiger partial charge in [0.05, 0.1) is 0 Å². The number of azo groups is 1. The first-order valence-corrected chi connectivity index (χ1v) is 2.07. The van der Waals surface area contributed by atoms with Crippen LogP contribution >= 0.6 is 0 Å². The third-order valence-electron chi connectivity index (χ3n) is 0.518. The highest BCUT2D eigenvalue weighted by molar-refractivity contribution is 4.90. The quantitative estimate of drug-likeness (QED) is 0.401. The van der Waals surface area contributed by atoms with Crippen LogP contribution in [0, 0.1) is 0 Å². The van der Waals surface area contributed by atoms with E-state index in [1.807, 2.05) is 0 Å². The monoisotopic (exact) mass is 116 g/mol. The van der Waals surface area contributed by atoms with Gasteiger partial charge >= 0.3 is 0 Å². The maximum absolute atomic E-state index is 8.50. The second kappa shape index (κ2) is 3.01. The van der Waals surface area contributed by atoms with Crippen molar-refractivity contribution in [3.05, 3.63) is 11.6 Å². The third-order valence-corrected chi connectivity index (χ3v) is 0.518. The Morgan fingerprint density at radius 2 is 1.88 bits per heavy atom. The maximum atomic E-state index is 8.50. The van der Waals surface area contributed by atoms with Crippen LogP contribution in [-0.2, 0) is 0 Å².